The summed E-state index contributed by atoms with van der Waals surface area (Å²) in [6.45, 7) is 8.01. The Balaban J connectivity index is 2.87. The average Bonchev–Trinajstić information content (AvgIpc) is 2.35. The molecule has 0 heterocycles. The van der Waals surface area contributed by atoms with E-state index in [2.05, 4.69) is 50.4 Å². The molecule has 2 unspecified atom stereocenters. The zero-order valence-electron chi connectivity index (χ0n) is 11.5. The average molecular weight is 268 g/mol. The van der Waals surface area contributed by atoms with Gasteiger partial charge < -0.3 is 5.32 Å². The van der Waals surface area contributed by atoms with Gasteiger partial charge in [0.15, 0.2) is 0 Å². The van der Waals surface area contributed by atoms with E-state index >= 15 is 0 Å². The highest BCUT2D eigenvalue weighted by Gasteiger charge is 2.20. The summed E-state index contributed by atoms with van der Waals surface area (Å²) >= 11 is 5.80. The minimum atomic E-state index is -0.499. The molecule has 0 spiro atoms. The molecule has 0 aromatic heterocycles. The molecule has 0 bridgehead atoms. The molecule has 1 aromatic carbocycles. The molecule has 0 aliphatic rings. The maximum atomic E-state index is 11.7. The van der Waals surface area contributed by atoms with Gasteiger partial charge in [-0.3, -0.25) is 4.79 Å². The summed E-state index contributed by atoms with van der Waals surface area (Å²) in [5, 5.41) is 2.50. The van der Waals surface area contributed by atoms with Crippen molar-refractivity contribution in [1.29, 1.82) is 0 Å². The summed E-state index contributed by atoms with van der Waals surface area (Å²) < 4.78 is 0. The van der Waals surface area contributed by atoms with Gasteiger partial charge in [-0.25, -0.2) is 0 Å². The summed E-state index contributed by atoms with van der Waals surface area (Å²) in [5.74, 6) is 0.215. The summed E-state index contributed by atoms with van der Waals surface area (Å²) in [5.41, 5.74) is 2.44. The molecular weight excluding hydrogens is 246 g/mol. The molecule has 0 aliphatic carbocycles. The maximum Gasteiger partial charge on any atom is 0.238 e. The van der Waals surface area contributed by atoms with E-state index in [-0.39, 0.29) is 11.9 Å². The van der Waals surface area contributed by atoms with Crippen LogP contribution in [0, 0.1) is 5.92 Å². The van der Waals surface area contributed by atoms with Gasteiger partial charge >= 0.3 is 0 Å². The number of hydrogen-bond donors (Lipinski definition) is 1. The molecule has 1 amide bonds. The van der Waals surface area contributed by atoms with Crippen LogP contribution in [0.25, 0.3) is 0 Å². The highest BCUT2D eigenvalue weighted by Crippen LogP contribution is 2.22. The number of carbonyl (C=O) groups is 1. The van der Waals surface area contributed by atoms with Gasteiger partial charge in [-0.05, 0) is 30.4 Å². The van der Waals surface area contributed by atoms with E-state index in [1.54, 1.807) is 6.92 Å². The lowest BCUT2D eigenvalue weighted by atomic mass is 9.94. The van der Waals surface area contributed by atoms with Crippen molar-refractivity contribution in [3.63, 3.8) is 0 Å². The second-order valence-electron chi connectivity index (χ2n) is 4.94. The predicted molar refractivity (Wildman–Crippen MR) is 76.9 cm³/mol. The lowest BCUT2D eigenvalue weighted by Crippen LogP contribution is -2.35. The molecule has 100 valence electrons. The van der Waals surface area contributed by atoms with Crippen LogP contribution in [-0.2, 0) is 11.2 Å². The number of rotatable bonds is 5. The number of nitrogens with one attached hydrogen (secondary N) is 1. The molecule has 1 rings (SSSR count). The number of alkyl halides is 1. The number of amides is 1. The summed E-state index contributed by atoms with van der Waals surface area (Å²) in [4.78, 5) is 11.7. The Morgan fingerprint density at radius 1 is 1.22 bits per heavy atom. The highest BCUT2D eigenvalue weighted by atomic mass is 35.5. The van der Waals surface area contributed by atoms with Crippen LogP contribution < -0.4 is 5.32 Å². The Bertz CT molecular complexity index is 384. The fraction of sp³-hybridized carbons (Fsp3) is 0.533. The highest BCUT2D eigenvalue weighted by molar-refractivity contribution is 6.30. The second kappa shape index (κ2) is 6.79. The third-order valence-electron chi connectivity index (χ3n) is 3.07. The molecule has 18 heavy (non-hydrogen) atoms. The first kappa shape index (κ1) is 15.0. The van der Waals surface area contributed by atoms with E-state index in [9.17, 15) is 4.79 Å². The molecule has 1 N–H and O–H groups in total. The fourth-order valence-corrected chi connectivity index (χ4v) is 1.93. The summed E-state index contributed by atoms with van der Waals surface area (Å²) in [6.07, 6.45) is 1.03. The molecule has 2 nitrogen and oxygen atoms in total. The van der Waals surface area contributed by atoms with Gasteiger partial charge in [0.1, 0.15) is 5.38 Å². The van der Waals surface area contributed by atoms with Crippen molar-refractivity contribution >= 4 is 17.5 Å². The first-order valence-electron chi connectivity index (χ1n) is 6.49. The molecular formula is C15H22ClNO. The Morgan fingerprint density at radius 2 is 1.78 bits per heavy atom. The lowest BCUT2D eigenvalue weighted by molar-refractivity contribution is -0.121. The SMILES string of the molecule is CCc1ccc(C(NC(=O)C(C)Cl)C(C)C)cc1. The van der Waals surface area contributed by atoms with Crippen LogP contribution in [0.1, 0.15) is 44.9 Å². The van der Waals surface area contributed by atoms with E-state index in [1.807, 2.05) is 0 Å². The Hall–Kier alpha value is -1.02. The number of halogens is 1. The van der Waals surface area contributed by atoms with Crippen LogP contribution >= 0.6 is 11.6 Å². The van der Waals surface area contributed by atoms with Crippen molar-refractivity contribution in [1.82, 2.24) is 5.32 Å². The lowest BCUT2D eigenvalue weighted by Gasteiger charge is -2.23. The van der Waals surface area contributed by atoms with Crippen LogP contribution in [-0.4, -0.2) is 11.3 Å². The minimum absolute atomic E-state index is 0.0182. The van der Waals surface area contributed by atoms with Crippen molar-refractivity contribution in [3.8, 4) is 0 Å². The maximum absolute atomic E-state index is 11.7. The number of benzene rings is 1. The number of aryl methyl sites for hydroxylation is 1. The van der Waals surface area contributed by atoms with E-state index in [0.29, 0.717) is 5.92 Å². The first-order valence-corrected chi connectivity index (χ1v) is 6.92. The van der Waals surface area contributed by atoms with Gasteiger partial charge in [-0.15, -0.1) is 11.6 Å². The van der Waals surface area contributed by atoms with E-state index in [0.717, 1.165) is 12.0 Å². The van der Waals surface area contributed by atoms with Crippen LogP contribution in [0.5, 0.6) is 0 Å². The quantitative estimate of drug-likeness (QED) is 0.810. The van der Waals surface area contributed by atoms with Crippen molar-refractivity contribution in [2.75, 3.05) is 0 Å². The molecule has 1 aromatic rings. The third-order valence-corrected chi connectivity index (χ3v) is 3.27. The van der Waals surface area contributed by atoms with Gasteiger partial charge in [-0.1, -0.05) is 45.0 Å². The van der Waals surface area contributed by atoms with Gasteiger partial charge in [-0.2, -0.15) is 0 Å². The van der Waals surface area contributed by atoms with Crippen LogP contribution in [0.15, 0.2) is 24.3 Å². The Labute approximate surface area is 115 Å². The van der Waals surface area contributed by atoms with Crippen molar-refractivity contribution in [2.24, 2.45) is 5.92 Å². The monoisotopic (exact) mass is 267 g/mol. The fourth-order valence-electron chi connectivity index (χ4n) is 1.86. The van der Waals surface area contributed by atoms with Crippen molar-refractivity contribution < 1.29 is 4.79 Å². The molecule has 2 atom stereocenters. The van der Waals surface area contributed by atoms with Gasteiger partial charge in [0.05, 0.1) is 6.04 Å². The standard InChI is InChI=1S/C15H22ClNO/c1-5-12-6-8-13(9-7-12)14(10(2)3)17-15(18)11(4)16/h6-11,14H,5H2,1-4H3,(H,17,18). The topological polar surface area (TPSA) is 29.1 Å². The molecule has 3 heteroatoms. The smallest absolute Gasteiger partial charge is 0.238 e. The van der Waals surface area contributed by atoms with Gasteiger partial charge in [0.2, 0.25) is 5.91 Å². The number of carbonyl (C=O) groups excluding carboxylic acids is 1. The molecule has 0 radical (unpaired) electrons. The van der Waals surface area contributed by atoms with E-state index in [1.165, 1.54) is 5.56 Å². The van der Waals surface area contributed by atoms with Crippen LogP contribution in [0.2, 0.25) is 0 Å². The zero-order valence-corrected chi connectivity index (χ0v) is 12.3. The van der Waals surface area contributed by atoms with Crippen LogP contribution in [0.3, 0.4) is 0 Å². The normalized spacial score (nSPS) is 14.3. The van der Waals surface area contributed by atoms with Crippen molar-refractivity contribution in [2.45, 2.75) is 45.5 Å². The molecule has 0 aliphatic heterocycles. The zero-order chi connectivity index (χ0) is 13.7. The largest absolute Gasteiger partial charge is 0.348 e. The molecule has 0 saturated carbocycles. The summed E-state index contributed by atoms with van der Waals surface area (Å²) in [7, 11) is 0. The van der Waals surface area contributed by atoms with E-state index < -0.39 is 5.38 Å². The summed E-state index contributed by atoms with van der Waals surface area (Å²) in [6, 6.07) is 8.41. The minimum Gasteiger partial charge on any atom is -0.348 e. The van der Waals surface area contributed by atoms with Crippen LogP contribution in [0.4, 0.5) is 0 Å². The number of hydrogen-bond acceptors (Lipinski definition) is 1. The Morgan fingerprint density at radius 3 is 2.17 bits per heavy atom. The van der Waals surface area contributed by atoms with Crippen molar-refractivity contribution in [3.05, 3.63) is 35.4 Å². The molecule has 0 saturated heterocycles. The van der Waals surface area contributed by atoms with E-state index in [4.69, 9.17) is 11.6 Å². The van der Waals surface area contributed by atoms with Gasteiger partial charge in [0, 0.05) is 0 Å². The van der Waals surface area contributed by atoms with Gasteiger partial charge in [0.25, 0.3) is 0 Å². The molecule has 0 fully saturated rings. The third kappa shape index (κ3) is 4.02. The second-order valence-corrected chi connectivity index (χ2v) is 5.60. The predicted octanol–water partition coefficient (Wildman–Crippen LogP) is 3.69. The first-order chi connectivity index (χ1) is 8.45. The Kier molecular flexibility index (Phi) is 5.67.